The van der Waals surface area contributed by atoms with Crippen LogP contribution in [0.4, 0.5) is 0 Å². The predicted octanol–water partition coefficient (Wildman–Crippen LogP) is 6.51. The number of hydrogen-bond donors (Lipinski definition) is 0. The lowest BCUT2D eigenvalue weighted by Crippen LogP contribution is -2.37. The van der Waals surface area contributed by atoms with Gasteiger partial charge < -0.3 is 9.47 Å². The van der Waals surface area contributed by atoms with E-state index >= 15 is 0 Å². The van der Waals surface area contributed by atoms with Crippen LogP contribution < -0.4 is 9.47 Å². The molecule has 0 unspecified atom stereocenters. The van der Waals surface area contributed by atoms with Gasteiger partial charge in [0.2, 0.25) is 11.8 Å². The molecule has 1 fully saturated rings. The fraction of sp³-hybridized carbons (Fsp3) is 0.433. The van der Waals surface area contributed by atoms with Crippen LogP contribution in [0, 0.1) is 6.92 Å². The Labute approximate surface area is 203 Å². The van der Waals surface area contributed by atoms with E-state index in [2.05, 4.69) is 67.3 Å². The minimum absolute atomic E-state index is 0.512. The Hall–Kier alpha value is -2.85. The highest BCUT2D eigenvalue weighted by molar-refractivity contribution is 5.68. The minimum atomic E-state index is 0.512. The van der Waals surface area contributed by atoms with Crippen molar-refractivity contribution in [1.29, 1.82) is 0 Å². The van der Waals surface area contributed by atoms with E-state index in [1.54, 1.807) is 7.11 Å². The molecule has 3 aromatic rings. The van der Waals surface area contributed by atoms with Crippen molar-refractivity contribution >= 4 is 0 Å². The fourth-order valence-electron chi connectivity index (χ4n) is 5.63. The summed E-state index contributed by atoms with van der Waals surface area (Å²) in [5.41, 5.74) is 8.92. The third-order valence-electron chi connectivity index (χ3n) is 7.69. The summed E-state index contributed by atoms with van der Waals surface area (Å²) in [6.45, 7) is 7.13. The van der Waals surface area contributed by atoms with Gasteiger partial charge in [-0.15, -0.1) is 0 Å². The molecule has 0 bridgehead atoms. The van der Waals surface area contributed by atoms with E-state index in [-0.39, 0.29) is 0 Å². The van der Waals surface area contributed by atoms with Gasteiger partial charge in [-0.2, -0.15) is 4.98 Å². The molecular weight excluding hydrogens is 420 g/mol. The molecule has 34 heavy (non-hydrogen) atoms. The van der Waals surface area contributed by atoms with Crippen molar-refractivity contribution in [3.05, 3.63) is 76.3 Å². The first kappa shape index (κ1) is 22.9. The number of pyridine rings is 1. The van der Waals surface area contributed by atoms with Crippen molar-refractivity contribution in [2.75, 3.05) is 13.7 Å². The number of piperidine rings is 1. The molecule has 0 spiro atoms. The first-order valence-electron chi connectivity index (χ1n) is 12.7. The number of methoxy groups -OCH3 is 1. The lowest BCUT2D eigenvalue weighted by molar-refractivity contribution is 0.150. The summed E-state index contributed by atoms with van der Waals surface area (Å²) in [7, 11) is 1.74. The molecule has 5 rings (SSSR count). The van der Waals surface area contributed by atoms with Crippen molar-refractivity contribution in [3.8, 4) is 22.9 Å². The van der Waals surface area contributed by atoms with E-state index in [0.717, 1.165) is 44.1 Å². The molecule has 4 nitrogen and oxygen atoms in total. The van der Waals surface area contributed by atoms with Gasteiger partial charge in [-0.1, -0.05) is 55.0 Å². The van der Waals surface area contributed by atoms with Crippen LogP contribution in [0.5, 0.6) is 11.8 Å². The van der Waals surface area contributed by atoms with Gasteiger partial charge >= 0.3 is 0 Å². The zero-order chi connectivity index (χ0) is 23.5. The van der Waals surface area contributed by atoms with Crippen molar-refractivity contribution < 1.29 is 9.47 Å². The second-order valence-corrected chi connectivity index (χ2v) is 9.78. The summed E-state index contributed by atoms with van der Waals surface area (Å²) >= 11 is 0. The number of fused-ring (bicyclic) bond motifs is 1. The van der Waals surface area contributed by atoms with E-state index in [4.69, 9.17) is 14.5 Å². The molecule has 1 atom stereocenters. The largest absolute Gasteiger partial charge is 0.481 e. The van der Waals surface area contributed by atoms with Gasteiger partial charge in [-0.05, 0) is 80.3 Å². The molecule has 1 saturated heterocycles. The quantitative estimate of drug-likeness (QED) is 0.406. The van der Waals surface area contributed by atoms with Crippen molar-refractivity contribution in [2.45, 2.75) is 71.6 Å². The van der Waals surface area contributed by atoms with E-state index in [1.807, 2.05) is 0 Å². The Morgan fingerprint density at radius 3 is 2.56 bits per heavy atom. The van der Waals surface area contributed by atoms with Gasteiger partial charge in [0.15, 0.2) is 0 Å². The summed E-state index contributed by atoms with van der Waals surface area (Å²) in [6, 6.07) is 17.6. The van der Waals surface area contributed by atoms with Gasteiger partial charge in [0.25, 0.3) is 0 Å². The zero-order valence-electron chi connectivity index (χ0n) is 20.8. The standard InChI is InChI=1S/C30H36N2O2/c1-21-11-7-8-18-32(21)19-28-26-16-10-17-27(26)30(31-29(28)33-3)34-20-24-14-9-15-25(22(24)2)23-12-5-4-6-13-23/h4-6,9,12-15,21H,7-8,10-11,16-20H2,1-3H3/t21-/m1/s1. The number of rotatable bonds is 7. The summed E-state index contributed by atoms with van der Waals surface area (Å²) in [4.78, 5) is 7.51. The summed E-state index contributed by atoms with van der Waals surface area (Å²) in [5.74, 6) is 1.49. The third kappa shape index (κ3) is 4.56. The van der Waals surface area contributed by atoms with E-state index in [0.29, 0.717) is 12.6 Å². The van der Waals surface area contributed by atoms with E-state index < -0.39 is 0 Å². The smallest absolute Gasteiger partial charge is 0.221 e. The van der Waals surface area contributed by atoms with Gasteiger partial charge in [0.05, 0.1) is 7.11 Å². The average Bonchev–Trinajstić information content (AvgIpc) is 3.36. The number of hydrogen-bond acceptors (Lipinski definition) is 4. The number of likely N-dealkylation sites (tertiary alicyclic amines) is 1. The number of ether oxygens (including phenoxy) is 2. The lowest BCUT2D eigenvalue weighted by Gasteiger charge is -2.34. The molecule has 1 aromatic heterocycles. The first-order valence-corrected chi connectivity index (χ1v) is 12.7. The van der Waals surface area contributed by atoms with Crippen LogP contribution in [-0.2, 0) is 26.0 Å². The Balaban J connectivity index is 1.41. The molecule has 1 aliphatic carbocycles. The second-order valence-electron chi connectivity index (χ2n) is 9.78. The fourth-order valence-corrected chi connectivity index (χ4v) is 5.63. The maximum absolute atomic E-state index is 6.41. The molecule has 0 radical (unpaired) electrons. The summed E-state index contributed by atoms with van der Waals surface area (Å²) < 4.78 is 12.2. The molecule has 4 heteroatoms. The highest BCUT2D eigenvalue weighted by Crippen LogP contribution is 2.38. The average molecular weight is 457 g/mol. The Morgan fingerprint density at radius 2 is 1.76 bits per heavy atom. The Kier molecular flexibility index (Phi) is 6.87. The van der Waals surface area contributed by atoms with Crippen molar-refractivity contribution in [3.63, 3.8) is 0 Å². The van der Waals surface area contributed by atoms with Crippen LogP contribution in [0.25, 0.3) is 11.1 Å². The van der Waals surface area contributed by atoms with E-state index in [9.17, 15) is 0 Å². The molecule has 2 heterocycles. The van der Waals surface area contributed by atoms with Crippen molar-refractivity contribution in [2.24, 2.45) is 0 Å². The Bertz CT molecular complexity index is 1140. The molecule has 0 amide bonds. The van der Waals surface area contributed by atoms with Crippen LogP contribution in [0.15, 0.2) is 48.5 Å². The lowest BCUT2D eigenvalue weighted by atomic mass is 9.97. The highest BCUT2D eigenvalue weighted by atomic mass is 16.5. The predicted molar refractivity (Wildman–Crippen MR) is 137 cm³/mol. The van der Waals surface area contributed by atoms with Crippen LogP contribution in [0.1, 0.15) is 60.4 Å². The normalized spacial score (nSPS) is 18.0. The van der Waals surface area contributed by atoms with Crippen LogP contribution >= 0.6 is 0 Å². The number of aromatic nitrogens is 1. The van der Waals surface area contributed by atoms with Crippen molar-refractivity contribution in [1.82, 2.24) is 9.88 Å². The maximum atomic E-state index is 6.41. The third-order valence-corrected chi connectivity index (χ3v) is 7.69. The topological polar surface area (TPSA) is 34.6 Å². The first-order chi connectivity index (χ1) is 16.7. The van der Waals surface area contributed by atoms with Gasteiger partial charge in [0, 0.05) is 23.7 Å². The summed E-state index contributed by atoms with van der Waals surface area (Å²) in [5, 5.41) is 0. The maximum Gasteiger partial charge on any atom is 0.221 e. The molecule has 178 valence electrons. The number of benzene rings is 2. The SMILES string of the molecule is COc1nc(OCc2cccc(-c3ccccc3)c2C)c2c(c1CN1CCCC[C@H]1C)CCC2. The molecule has 2 aliphatic rings. The molecular formula is C30H36N2O2. The van der Waals surface area contributed by atoms with Crippen LogP contribution in [0.2, 0.25) is 0 Å². The molecule has 0 N–H and O–H groups in total. The zero-order valence-corrected chi connectivity index (χ0v) is 20.8. The minimum Gasteiger partial charge on any atom is -0.481 e. The van der Waals surface area contributed by atoms with Gasteiger partial charge in [-0.25, -0.2) is 0 Å². The molecule has 2 aromatic carbocycles. The summed E-state index contributed by atoms with van der Waals surface area (Å²) in [6.07, 6.45) is 7.18. The molecule has 1 aliphatic heterocycles. The van der Waals surface area contributed by atoms with Crippen LogP contribution in [0.3, 0.4) is 0 Å². The second kappa shape index (κ2) is 10.2. The van der Waals surface area contributed by atoms with Crippen LogP contribution in [-0.4, -0.2) is 29.6 Å². The monoisotopic (exact) mass is 456 g/mol. The Morgan fingerprint density at radius 1 is 0.941 bits per heavy atom. The number of nitrogens with zero attached hydrogens (tertiary/aromatic N) is 2. The molecule has 0 saturated carbocycles. The highest BCUT2D eigenvalue weighted by Gasteiger charge is 2.28. The van der Waals surface area contributed by atoms with Gasteiger partial charge in [-0.3, -0.25) is 4.90 Å². The van der Waals surface area contributed by atoms with E-state index in [1.165, 1.54) is 58.2 Å². The van der Waals surface area contributed by atoms with Gasteiger partial charge in [0.1, 0.15) is 6.61 Å².